The van der Waals surface area contributed by atoms with Crippen LogP contribution in [-0.4, -0.2) is 16.2 Å². The van der Waals surface area contributed by atoms with E-state index in [1.807, 2.05) is 0 Å². The first-order chi connectivity index (χ1) is 5.61. The number of pyridine rings is 1. The van der Waals surface area contributed by atoms with Crippen LogP contribution in [0.3, 0.4) is 0 Å². The van der Waals surface area contributed by atoms with Gasteiger partial charge in [0, 0.05) is 0 Å². The summed E-state index contributed by atoms with van der Waals surface area (Å²) >= 11 is 0. The van der Waals surface area contributed by atoms with Crippen molar-refractivity contribution in [1.82, 2.24) is 4.98 Å². The fraction of sp³-hybridized carbons (Fsp3) is 0.375. The van der Waals surface area contributed by atoms with E-state index in [9.17, 15) is 0 Å². The SMILES string of the molecule is C[C@H](O)[C@H](N)c1cccc(N)n1. The molecule has 0 bridgehead atoms. The Balaban J connectivity index is 2.88. The maximum atomic E-state index is 9.16. The van der Waals surface area contributed by atoms with Crippen LogP contribution in [0.25, 0.3) is 0 Å². The summed E-state index contributed by atoms with van der Waals surface area (Å²) in [6, 6.07) is 4.72. The van der Waals surface area contributed by atoms with Crippen LogP contribution in [0, 0.1) is 0 Å². The fourth-order valence-electron chi connectivity index (χ4n) is 0.902. The number of hydrogen-bond acceptors (Lipinski definition) is 4. The van der Waals surface area contributed by atoms with E-state index in [1.165, 1.54) is 0 Å². The molecule has 0 unspecified atom stereocenters. The number of nitrogens with zero attached hydrogens (tertiary/aromatic N) is 1. The van der Waals surface area contributed by atoms with Crippen LogP contribution in [-0.2, 0) is 0 Å². The van der Waals surface area contributed by atoms with Crippen LogP contribution in [0.4, 0.5) is 5.82 Å². The number of nitrogens with two attached hydrogens (primary N) is 2. The second kappa shape index (κ2) is 3.51. The predicted molar refractivity (Wildman–Crippen MR) is 47.3 cm³/mol. The van der Waals surface area contributed by atoms with E-state index in [1.54, 1.807) is 25.1 Å². The minimum absolute atomic E-state index is 0.420. The van der Waals surface area contributed by atoms with Gasteiger partial charge in [0.25, 0.3) is 0 Å². The molecule has 4 heteroatoms. The number of rotatable bonds is 2. The van der Waals surface area contributed by atoms with Crippen molar-refractivity contribution in [2.75, 3.05) is 5.73 Å². The molecule has 0 radical (unpaired) electrons. The lowest BCUT2D eigenvalue weighted by molar-refractivity contribution is 0.162. The van der Waals surface area contributed by atoms with Gasteiger partial charge in [-0.25, -0.2) is 4.98 Å². The van der Waals surface area contributed by atoms with E-state index in [2.05, 4.69) is 4.98 Å². The van der Waals surface area contributed by atoms with Crippen molar-refractivity contribution < 1.29 is 5.11 Å². The van der Waals surface area contributed by atoms with Gasteiger partial charge in [-0.1, -0.05) is 6.07 Å². The van der Waals surface area contributed by atoms with Gasteiger partial charge in [0.1, 0.15) is 5.82 Å². The van der Waals surface area contributed by atoms with Crippen molar-refractivity contribution in [2.24, 2.45) is 5.73 Å². The fourth-order valence-corrected chi connectivity index (χ4v) is 0.902. The molecule has 4 nitrogen and oxygen atoms in total. The Morgan fingerprint density at radius 1 is 1.50 bits per heavy atom. The molecule has 0 aliphatic carbocycles. The largest absolute Gasteiger partial charge is 0.391 e. The van der Waals surface area contributed by atoms with Gasteiger partial charge >= 0.3 is 0 Å². The summed E-state index contributed by atoms with van der Waals surface area (Å²) in [4.78, 5) is 3.99. The van der Waals surface area contributed by atoms with Gasteiger partial charge in [0.15, 0.2) is 0 Å². The first kappa shape index (κ1) is 8.96. The lowest BCUT2D eigenvalue weighted by atomic mass is 10.1. The Labute approximate surface area is 71.2 Å². The van der Waals surface area contributed by atoms with Gasteiger partial charge in [-0.15, -0.1) is 0 Å². The highest BCUT2D eigenvalue weighted by atomic mass is 16.3. The molecule has 66 valence electrons. The molecule has 0 aliphatic heterocycles. The zero-order valence-electron chi connectivity index (χ0n) is 6.94. The summed E-state index contributed by atoms with van der Waals surface area (Å²) in [5.74, 6) is 0.420. The van der Waals surface area contributed by atoms with Crippen LogP contribution in [0.5, 0.6) is 0 Å². The minimum Gasteiger partial charge on any atom is -0.391 e. The normalized spacial score (nSPS) is 15.6. The number of hydrogen-bond donors (Lipinski definition) is 3. The molecule has 0 spiro atoms. The molecule has 1 aromatic rings. The Bertz CT molecular complexity index is 262. The molecule has 5 N–H and O–H groups in total. The topological polar surface area (TPSA) is 85.2 Å². The summed E-state index contributed by atoms with van der Waals surface area (Å²) in [5, 5.41) is 9.16. The summed E-state index contributed by atoms with van der Waals surface area (Å²) in [7, 11) is 0. The van der Waals surface area contributed by atoms with E-state index >= 15 is 0 Å². The number of anilines is 1. The lowest BCUT2D eigenvalue weighted by Crippen LogP contribution is -2.24. The monoisotopic (exact) mass is 167 g/mol. The van der Waals surface area contributed by atoms with Crippen molar-refractivity contribution in [2.45, 2.75) is 19.1 Å². The van der Waals surface area contributed by atoms with Gasteiger partial charge in [0.2, 0.25) is 0 Å². The van der Waals surface area contributed by atoms with E-state index in [4.69, 9.17) is 16.6 Å². The molecule has 1 rings (SSSR count). The molecule has 0 saturated heterocycles. The van der Waals surface area contributed by atoms with E-state index in [0.717, 1.165) is 0 Å². The van der Waals surface area contributed by atoms with E-state index < -0.39 is 12.1 Å². The van der Waals surface area contributed by atoms with Gasteiger partial charge < -0.3 is 16.6 Å². The third-order valence-corrected chi connectivity index (χ3v) is 1.65. The average molecular weight is 167 g/mol. The first-order valence-electron chi connectivity index (χ1n) is 3.77. The van der Waals surface area contributed by atoms with E-state index in [-0.39, 0.29) is 0 Å². The summed E-state index contributed by atoms with van der Waals surface area (Å²) in [6.07, 6.45) is -0.612. The van der Waals surface area contributed by atoms with Crippen LogP contribution >= 0.6 is 0 Å². The van der Waals surface area contributed by atoms with Crippen LogP contribution in [0.2, 0.25) is 0 Å². The van der Waals surface area contributed by atoms with Crippen LogP contribution in [0.1, 0.15) is 18.7 Å². The van der Waals surface area contributed by atoms with Crippen LogP contribution < -0.4 is 11.5 Å². The molecule has 0 fully saturated rings. The maximum absolute atomic E-state index is 9.16. The maximum Gasteiger partial charge on any atom is 0.123 e. The molecular weight excluding hydrogens is 154 g/mol. The number of nitrogen functional groups attached to an aromatic ring is 1. The van der Waals surface area contributed by atoms with E-state index in [0.29, 0.717) is 11.5 Å². The van der Waals surface area contributed by atoms with Gasteiger partial charge in [-0.05, 0) is 19.1 Å². The smallest absolute Gasteiger partial charge is 0.123 e. The molecule has 1 aromatic heterocycles. The van der Waals surface area contributed by atoms with Gasteiger partial charge in [-0.3, -0.25) is 0 Å². The number of aliphatic hydroxyl groups is 1. The molecule has 2 atom stereocenters. The van der Waals surface area contributed by atoms with Gasteiger partial charge in [0.05, 0.1) is 17.8 Å². The zero-order chi connectivity index (χ0) is 9.14. The highest BCUT2D eigenvalue weighted by Gasteiger charge is 2.12. The molecular formula is C8H13N3O. The van der Waals surface area contributed by atoms with Crippen molar-refractivity contribution in [3.8, 4) is 0 Å². The zero-order valence-corrected chi connectivity index (χ0v) is 6.94. The molecule has 1 heterocycles. The number of aromatic nitrogens is 1. The summed E-state index contributed by atoms with van der Waals surface area (Å²) < 4.78 is 0. The Kier molecular flexibility index (Phi) is 2.62. The standard InChI is InChI=1S/C8H13N3O/c1-5(12)8(10)6-3-2-4-7(9)11-6/h2-5,8,12H,10H2,1H3,(H2,9,11)/t5-,8-/m0/s1. The molecule has 12 heavy (non-hydrogen) atoms. The molecule has 0 aliphatic rings. The second-order valence-electron chi connectivity index (χ2n) is 2.75. The molecule has 0 amide bonds. The van der Waals surface area contributed by atoms with Gasteiger partial charge in [-0.2, -0.15) is 0 Å². The third kappa shape index (κ3) is 1.93. The minimum atomic E-state index is -0.612. The van der Waals surface area contributed by atoms with Crippen molar-refractivity contribution in [1.29, 1.82) is 0 Å². The summed E-state index contributed by atoms with van der Waals surface area (Å²) in [5.41, 5.74) is 11.7. The van der Waals surface area contributed by atoms with Crippen LogP contribution in [0.15, 0.2) is 18.2 Å². The number of aliphatic hydroxyl groups excluding tert-OH is 1. The second-order valence-corrected chi connectivity index (χ2v) is 2.75. The lowest BCUT2D eigenvalue weighted by Gasteiger charge is -2.13. The van der Waals surface area contributed by atoms with Crippen molar-refractivity contribution in [3.63, 3.8) is 0 Å². The quantitative estimate of drug-likeness (QED) is 0.580. The first-order valence-corrected chi connectivity index (χ1v) is 3.77. The Morgan fingerprint density at radius 3 is 2.67 bits per heavy atom. The molecule has 0 saturated carbocycles. The third-order valence-electron chi connectivity index (χ3n) is 1.65. The van der Waals surface area contributed by atoms with Crippen molar-refractivity contribution >= 4 is 5.82 Å². The predicted octanol–water partition coefficient (Wildman–Crippen LogP) is 0.0444. The Hall–Kier alpha value is -1.13. The highest BCUT2D eigenvalue weighted by molar-refractivity contribution is 5.29. The average Bonchev–Trinajstić information content (AvgIpc) is 2.03. The highest BCUT2D eigenvalue weighted by Crippen LogP contribution is 2.12. The van der Waals surface area contributed by atoms with Crippen molar-refractivity contribution in [3.05, 3.63) is 23.9 Å². The molecule has 0 aromatic carbocycles. The Morgan fingerprint density at radius 2 is 2.17 bits per heavy atom. The summed E-state index contributed by atoms with van der Waals surface area (Å²) in [6.45, 7) is 1.62.